The first-order valence-corrected chi connectivity index (χ1v) is 12.3. The highest BCUT2D eigenvalue weighted by Crippen LogP contribution is 2.35. The number of nitrogens with one attached hydrogen (secondary N) is 2. The van der Waals surface area contributed by atoms with E-state index in [0.717, 1.165) is 46.6 Å². The van der Waals surface area contributed by atoms with Crippen LogP contribution in [-0.4, -0.2) is 27.4 Å². The van der Waals surface area contributed by atoms with E-state index in [-0.39, 0.29) is 17.7 Å². The number of aryl methyl sites for hydroxylation is 1. The number of pyridine rings is 1. The van der Waals surface area contributed by atoms with Crippen LogP contribution in [0.5, 0.6) is 0 Å². The van der Waals surface area contributed by atoms with Crippen molar-refractivity contribution >= 4 is 57.4 Å². The van der Waals surface area contributed by atoms with Crippen LogP contribution in [0.15, 0.2) is 30.6 Å². The van der Waals surface area contributed by atoms with Crippen molar-refractivity contribution in [1.82, 2.24) is 20.2 Å². The molecule has 0 spiro atoms. The monoisotopic (exact) mass is 492 g/mol. The Morgan fingerprint density at radius 2 is 2.12 bits per heavy atom. The van der Waals surface area contributed by atoms with Crippen molar-refractivity contribution in [2.45, 2.75) is 45.2 Å². The molecule has 9 heteroatoms. The number of thiophene rings is 1. The number of halogens is 2. The van der Waals surface area contributed by atoms with Gasteiger partial charge in [-0.2, -0.15) is 0 Å². The molecule has 1 fully saturated rings. The van der Waals surface area contributed by atoms with Gasteiger partial charge in [0.1, 0.15) is 11.7 Å². The van der Waals surface area contributed by atoms with Crippen molar-refractivity contribution < 1.29 is 9.59 Å². The number of aromatic nitrogens is 2. The van der Waals surface area contributed by atoms with E-state index in [4.69, 9.17) is 23.2 Å². The maximum Gasteiger partial charge on any atom is 0.242 e. The molecule has 3 aromatic rings. The molecule has 170 valence electrons. The van der Waals surface area contributed by atoms with Crippen LogP contribution in [0.4, 0.5) is 0 Å². The van der Waals surface area contributed by atoms with E-state index in [9.17, 15) is 9.59 Å². The van der Waals surface area contributed by atoms with Crippen molar-refractivity contribution in [2.75, 3.05) is 0 Å². The average molecular weight is 493 g/mol. The third-order valence-electron chi connectivity index (χ3n) is 6.07. The van der Waals surface area contributed by atoms with Crippen LogP contribution >= 0.6 is 34.5 Å². The largest absolute Gasteiger partial charge is 0.350 e. The summed E-state index contributed by atoms with van der Waals surface area (Å²) in [5, 5.41) is 7.23. The molecule has 4 rings (SSSR count). The van der Waals surface area contributed by atoms with Crippen LogP contribution in [0, 0.1) is 11.8 Å². The number of amides is 2. The number of hydrogen-bond donors (Lipinski definition) is 2. The molecule has 3 heterocycles. The topological polar surface area (TPSA) is 76.0 Å². The Morgan fingerprint density at radius 3 is 2.88 bits per heavy atom. The van der Waals surface area contributed by atoms with Gasteiger partial charge < -0.3 is 15.2 Å². The first-order chi connectivity index (χ1) is 15.3. The molecule has 2 N–H and O–H groups in total. The van der Waals surface area contributed by atoms with Gasteiger partial charge in [-0.15, -0.1) is 11.3 Å². The van der Waals surface area contributed by atoms with Crippen molar-refractivity contribution in [3.8, 4) is 0 Å². The van der Waals surface area contributed by atoms with Crippen LogP contribution in [-0.2, 0) is 29.6 Å². The van der Waals surface area contributed by atoms with E-state index in [2.05, 4.69) is 21.7 Å². The first-order valence-electron chi connectivity index (χ1n) is 10.7. The molecule has 0 aromatic carbocycles. The van der Waals surface area contributed by atoms with Gasteiger partial charge in [0.25, 0.3) is 0 Å². The highest BCUT2D eigenvalue weighted by Gasteiger charge is 2.31. The highest BCUT2D eigenvalue weighted by atomic mass is 35.5. The second-order valence-electron chi connectivity index (χ2n) is 8.54. The second kappa shape index (κ2) is 9.81. The van der Waals surface area contributed by atoms with E-state index in [1.807, 2.05) is 29.9 Å². The molecule has 0 radical (unpaired) electrons. The molecule has 32 heavy (non-hydrogen) atoms. The van der Waals surface area contributed by atoms with Crippen LogP contribution in [0.2, 0.25) is 9.36 Å². The Bertz CT molecular complexity index is 1140. The summed E-state index contributed by atoms with van der Waals surface area (Å²) in [7, 11) is 1.89. The van der Waals surface area contributed by atoms with Crippen LogP contribution in [0.1, 0.15) is 36.6 Å². The van der Waals surface area contributed by atoms with E-state index in [1.165, 1.54) is 4.88 Å². The summed E-state index contributed by atoms with van der Waals surface area (Å²) in [5.74, 6) is 0.174. The number of carbonyl (C=O) groups excluding carboxylic acids is 2. The Kier molecular flexibility index (Phi) is 7.08. The molecule has 3 atom stereocenters. The standard InChI is InChI=1S/C23H26Cl2N4O2S/c1-13(22(30)27-11-15-9-18-19(24)12-29(2)21(18)26-10-15)28-23(31)16-4-3-14(7-16)8-17-5-6-20(25)32-17/h5-6,9-10,12-14,16H,3-4,7-8,11H2,1-2H3,(H,27,30)(H,28,31)/t13-,14+,16+/m0/s1. The fraction of sp³-hybridized carbons (Fsp3) is 0.435. The second-order valence-corrected chi connectivity index (χ2v) is 10.7. The van der Waals surface area contributed by atoms with Crippen molar-refractivity contribution in [3.63, 3.8) is 0 Å². The Labute approximate surface area is 201 Å². The van der Waals surface area contributed by atoms with Gasteiger partial charge in [0.2, 0.25) is 11.8 Å². The minimum absolute atomic E-state index is 0.0430. The molecule has 3 aromatic heterocycles. The van der Waals surface area contributed by atoms with Gasteiger partial charge in [-0.05, 0) is 62.3 Å². The molecular formula is C23H26Cl2N4O2S. The Morgan fingerprint density at radius 1 is 1.31 bits per heavy atom. The summed E-state index contributed by atoms with van der Waals surface area (Å²) in [4.78, 5) is 30.9. The van der Waals surface area contributed by atoms with Crippen LogP contribution in [0.25, 0.3) is 11.0 Å². The molecule has 0 saturated heterocycles. The average Bonchev–Trinajstić information content (AvgIpc) is 3.46. The number of carbonyl (C=O) groups is 2. The predicted molar refractivity (Wildman–Crippen MR) is 129 cm³/mol. The minimum atomic E-state index is -0.602. The molecular weight excluding hydrogens is 467 g/mol. The fourth-order valence-corrected chi connectivity index (χ4v) is 5.83. The zero-order valence-corrected chi connectivity index (χ0v) is 20.4. The molecule has 6 nitrogen and oxygen atoms in total. The zero-order valence-electron chi connectivity index (χ0n) is 18.0. The van der Waals surface area contributed by atoms with Crippen molar-refractivity contribution in [2.24, 2.45) is 18.9 Å². The minimum Gasteiger partial charge on any atom is -0.350 e. The zero-order chi connectivity index (χ0) is 22.8. The van der Waals surface area contributed by atoms with E-state index in [0.29, 0.717) is 17.5 Å². The fourth-order valence-electron chi connectivity index (χ4n) is 4.34. The van der Waals surface area contributed by atoms with Gasteiger partial charge in [-0.25, -0.2) is 4.98 Å². The smallest absolute Gasteiger partial charge is 0.242 e. The lowest BCUT2D eigenvalue weighted by Crippen LogP contribution is -2.46. The van der Waals surface area contributed by atoms with Gasteiger partial charge in [0.15, 0.2) is 0 Å². The van der Waals surface area contributed by atoms with Gasteiger partial charge in [-0.3, -0.25) is 9.59 Å². The van der Waals surface area contributed by atoms with Gasteiger partial charge in [0.05, 0.1) is 9.36 Å². The lowest BCUT2D eigenvalue weighted by Gasteiger charge is -2.17. The molecule has 0 unspecified atom stereocenters. The number of hydrogen-bond acceptors (Lipinski definition) is 4. The maximum absolute atomic E-state index is 12.7. The summed E-state index contributed by atoms with van der Waals surface area (Å²) in [5.41, 5.74) is 1.65. The van der Waals surface area contributed by atoms with Gasteiger partial charge in [0, 0.05) is 42.2 Å². The third-order valence-corrected chi connectivity index (χ3v) is 7.63. The maximum atomic E-state index is 12.7. The summed E-state index contributed by atoms with van der Waals surface area (Å²) in [6.45, 7) is 2.03. The summed E-state index contributed by atoms with van der Waals surface area (Å²) in [6, 6.07) is 5.30. The SMILES string of the molecule is C[C@H](NC(=O)[C@@H]1CC[C@@H](Cc2ccc(Cl)s2)C1)C(=O)NCc1cnc2c(c1)c(Cl)cn2C. The molecule has 1 aliphatic rings. The Hall–Kier alpha value is -2.09. The van der Waals surface area contributed by atoms with E-state index in [1.54, 1.807) is 24.5 Å². The lowest BCUT2D eigenvalue weighted by molar-refractivity contribution is -0.130. The van der Waals surface area contributed by atoms with Crippen LogP contribution in [0.3, 0.4) is 0 Å². The van der Waals surface area contributed by atoms with E-state index >= 15 is 0 Å². The van der Waals surface area contributed by atoms with E-state index < -0.39 is 6.04 Å². The van der Waals surface area contributed by atoms with Crippen LogP contribution < -0.4 is 10.6 Å². The van der Waals surface area contributed by atoms with Gasteiger partial charge in [-0.1, -0.05) is 23.2 Å². The summed E-state index contributed by atoms with van der Waals surface area (Å²) in [6.07, 6.45) is 7.21. The summed E-state index contributed by atoms with van der Waals surface area (Å²) < 4.78 is 2.66. The number of nitrogens with zero attached hydrogens (tertiary/aromatic N) is 2. The summed E-state index contributed by atoms with van der Waals surface area (Å²) >= 11 is 13.9. The molecule has 1 saturated carbocycles. The number of fused-ring (bicyclic) bond motifs is 1. The molecule has 2 amide bonds. The quantitative estimate of drug-likeness (QED) is 0.500. The normalized spacial score (nSPS) is 19.2. The van der Waals surface area contributed by atoms with Crippen molar-refractivity contribution in [3.05, 3.63) is 50.4 Å². The van der Waals surface area contributed by atoms with Gasteiger partial charge >= 0.3 is 0 Å². The molecule has 1 aliphatic carbocycles. The van der Waals surface area contributed by atoms with Crippen molar-refractivity contribution in [1.29, 1.82) is 0 Å². The first kappa shape index (κ1) is 23.1. The predicted octanol–water partition coefficient (Wildman–Crippen LogP) is 4.72. The highest BCUT2D eigenvalue weighted by molar-refractivity contribution is 7.16. The molecule has 0 aliphatic heterocycles. The number of rotatable bonds is 7. The molecule has 0 bridgehead atoms. The Balaban J connectivity index is 1.25. The third kappa shape index (κ3) is 5.27. The lowest BCUT2D eigenvalue weighted by atomic mass is 10.0.